The SMILES string of the molecule is CSc1nc(C)c(CCC(=O)N2CCCc3cc(OC(F)(F)F)ccc32)c(C)n1. The lowest BCUT2D eigenvalue weighted by molar-refractivity contribution is -0.274. The first-order valence-electron chi connectivity index (χ1n) is 9.25. The molecule has 1 amide bonds. The second-order valence-corrected chi connectivity index (χ2v) is 7.62. The van der Waals surface area contributed by atoms with Gasteiger partial charge in [0.15, 0.2) is 5.16 Å². The Balaban J connectivity index is 1.73. The van der Waals surface area contributed by atoms with Gasteiger partial charge in [-0.1, -0.05) is 11.8 Å². The van der Waals surface area contributed by atoms with E-state index in [1.54, 1.807) is 4.90 Å². The maximum absolute atomic E-state index is 12.9. The van der Waals surface area contributed by atoms with Gasteiger partial charge in [0, 0.05) is 30.0 Å². The molecule has 1 aromatic heterocycles. The van der Waals surface area contributed by atoms with Crippen molar-refractivity contribution in [3.8, 4) is 5.75 Å². The quantitative estimate of drug-likeness (QED) is 0.517. The van der Waals surface area contributed by atoms with Gasteiger partial charge in [0.25, 0.3) is 0 Å². The van der Waals surface area contributed by atoms with Crippen LogP contribution in [0.4, 0.5) is 18.9 Å². The van der Waals surface area contributed by atoms with Gasteiger partial charge in [0.2, 0.25) is 5.91 Å². The molecule has 1 aromatic carbocycles. The summed E-state index contributed by atoms with van der Waals surface area (Å²) in [6, 6.07) is 4.15. The first-order valence-corrected chi connectivity index (χ1v) is 10.5. The Morgan fingerprint density at radius 1 is 1.24 bits per heavy atom. The van der Waals surface area contributed by atoms with Crippen molar-refractivity contribution in [2.45, 2.75) is 51.0 Å². The van der Waals surface area contributed by atoms with E-state index in [1.807, 2.05) is 20.1 Å². The third-order valence-electron chi connectivity index (χ3n) is 4.88. The second-order valence-electron chi connectivity index (χ2n) is 6.85. The number of benzene rings is 1. The van der Waals surface area contributed by atoms with Crippen molar-refractivity contribution < 1.29 is 22.7 Å². The summed E-state index contributed by atoms with van der Waals surface area (Å²) in [5.74, 6) is -0.328. The second kappa shape index (κ2) is 8.61. The average Bonchev–Trinajstić information content (AvgIpc) is 2.65. The monoisotopic (exact) mass is 425 g/mol. The zero-order chi connectivity index (χ0) is 21.2. The fourth-order valence-electron chi connectivity index (χ4n) is 3.56. The number of amides is 1. The van der Waals surface area contributed by atoms with Crippen LogP contribution in [0, 0.1) is 13.8 Å². The van der Waals surface area contributed by atoms with E-state index in [0.29, 0.717) is 42.2 Å². The van der Waals surface area contributed by atoms with Gasteiger partial charge in [-0.05, 0) is 68.7 Å². The lowest BCUT2D eigenvalue weighted by Crippen LogP contribution is -2.35. The molecule has 2 heterocycles. The fourth-order valence-corrected chi connectivity index (χ4v) is 4.01. The topological polar surface area (TPSA) is 55.3 Å². The predicted octanol–water partition coefficient (Wildman–Crippen LogP) is 4.63. The highest BCUT2D eigenvalue weighted by atomic mass is 32.2. The lowest BCUT2D eigenvalue weighted by Gasteiger charge is -2.30. The first kappa shape index (κ1) is 21.4. The van der Waals surface area contributed by atoms with Crippen molar-refractivity contribution >= 4 is 23.4 Å². The van der Waals surface area contributed by atoms with Crippen LogP contribution in [0.5, 0.6) is 5.75 Å². The lowest BCUT2D eigenvalue weighted by atomic mass is 10.00. The van der Waals surface area contributed by atoms with Crippen LogP contribution in [-0.4, -0.2) is 35.0 Å². The predicted molar refractivity (Wildman–Crippen MR) is 105 cm³/mol. The van der Waals surface area contributed by atoms with E-state index in [9.17, 15) is 18.0 Å². The number of carbonyl (C=O) groups excluding carboxylic acids is 1. The molecule has 0 atom stereocenters. The van der Waals surface area contributed by atoms with E-state index in [1.165, 1.54) is 30.0 Å². The molecule has 1 aliphatic heterocycles. The maximum Gasteiger partial charge on any atom is 0.573 e. The van der Waals surface area contributed by atoms with E-state index in [4.69, 9.17) is 0 Å². The molecule has 3 rings (SSSR count). The number of alkyl halides is 3. The molecule has 0 saturated heterocycles. The van der Waals surface area contributed by atoms with Gasteiger partial charge >= 0.3 is 6.36 Å². The van der Waals surface area contributed by atoms with Gasteiger partial charge < -0.3 is 9.64 Å². The molecule has 29 heavy (non-hydrogen) atoms. The number of ether oxygens (including phenoxy) is 1. The molecule has 9 heteroatoms. The molecule has 0 N–H and O–H groups in total. The summed E-state index contributed by atoms with van der Waals surface area (Å²) < 4.78 is 41.4. The smallest absolute Gasteiger partial charge is 0.406 e. The van der Waals surface area contributed by atoms with Crippen molar-refractivity contribution in [3.63, 3.8) is 0 Å². The van der Waals surface area contributed by atoms with Gasteiger partial charge in [-0.2, -0.15) is 0 Å². The van der Waals surface area contributed by atoms with Crippen molar-refractivity contribution in [1.82, 2.24) is 9.97 Å². The Morgan fingerprint density at radius 2 is 1.93 bits per heavy atom. The Bertz CT molecular complexity index is 895. The summed E-state index contributed by atoms with van der Waals surface area (Å²) in [6.45, 7) is 4.37. The maximum atomic E-state index is 12.9. The average molecular weight is 425 g/mol. The van der Waals surface area contributed by atoms with Crippen LogP contribution in [0.15, 0.2) is 23.4 Å². The molecule has 0 aliphatic carbocycles. The molecule has 0 unspecified atom stereocenters. The van der Waals surface area contributed by atoms with Gasteiger partial charge in [-0.3, -0.25) is 4.79 Å². The van der Waals surface area contributed by atoms with Crippen LogP contribution in [-0.2, 0) is 17.6 Å². The number of nitrogens with zero attached hydrogens (tertiary/aromatic N) is 3. The number of hydrogen-bond acceptors (Lipinski definition) is 5. The summed E-state index contributed by atoms with van der Waals surface area (Å²) in [7, 11) is 0. The van der Waals surface area contributed by atoms with Crippen LogP contribution in [0.3, 0.4) is 0 Å². The zero-order valence-corrected chi connectivity index (χ0v) is 17.3. The van der Waals surface area contributed by atoms with Crippen molar-refractivity contribution in [2.75, 3.05) is 17.7 Å². The van der Waals surface area contributed by atoms with Gasteiger partial charge in [-0.15, -0.1) is 13.2 Å². The first-order chi connectivity index (χ1) is 13.7. The normalized spacial score (nSPS) is 13.9. The Kier molecular flexibility index (Phi) is 6.36. The minimum atomic E-state index is -4.73. The zero-order valence-electron chi connectivity index (χ0n) is 16.5. The Hall–Kier alpha value is -2.29. The largest absolute Gasteiger partial charge is 0.573 e. The van der Waals surface area contributed by atoms with E-state index in [-0.39, 0.29) is 18.1 Å². The minimum absolute atomic E-state index is 0.0665. The number of aryl methyl sites for hydroxylation is 3. The number of halogens is 3. The van der Waals surface area contributed by atoms with Gasteiger partial charge in [0.05, 0.1) is 0 Å². The van der Waals surface area contributed by atoms with E-state index >= 15 is 0 Å². The number of fused-ring (bicyclic) bond motifs is 1. The highest BCUT2D eigenvalue weighted by Gasteiger charge is 2.32. The van der Waals surface area contributed by atoms with Crippen LogP contribution >= 0.6 is 11.8 Å². The molecule has 0 fully saturated rings. The molecule has 0 saturated carbocycles. The third-order valence-corrected chi connectivity index (χ3v) is 5.42. The molecule has 0 bridgehead atoms. The number of anilines is 1. The van der Waals surface area contributed by atoms with Gasteiger partial charge in [0.1, 0.15) is 5.75 Å². The standard InChI is InChI=1S/C20H22F3N3O2S/c1-12-16(13(2)25-19(24-12)29-3)7-9-18(27)26-10-4-5-14-11-15(6-8-17(14)26)28-20(21,22)23/h6,8,11H,4-5,7,9-10H2,1-3H3. The van der Waals surface area contributed by atoms with Crippen LogP contribution in [0.2, 0.25) is 0 Å². The highest BCUT2D eigenvalue weighted by Crippen LogP contribution is 2.33. The Morgan fingerprint density at radius 3 is 2.55 bits per heavy atom. The molecule has 0 radical (unpaired) electrons. The molecule has 2 aromatic rings. The van der Waals surface area contributed by atoms with E-state index < -0.39 is 6.36 Å². The number of aromatic nitrogens is 2. The van der Waals surface area contributed by atoms with Crippen molar-refractivity contribution in [1.29, 1.82) is 0 Å². The Labute approximate surface area is 171 Å². The molecule has 156 valence electrons. The number of hydrogen-bond donors (Lipinski definition) is 0. The van der Waals surface area contributed by atoms with Gasteiger partial charge in [-0.25, -0.2) is 9.97 Å². The van der Waals surface area contributed by atoms with Crippen LogP contribution < -0.4 is 9.64 Å². The van der Waals surface area contributed by atoms with Crippen LogP contribution in [0.1, 0.15) is 35.4 Å². The fraction of sp³-hybridized carbons (Fsp3) is 0.450. The van der Waals surface area contributed by atoms with E-state index in [0.717, 1.165) is 17.0 Å². The van der Waals surface area contributed by atoms with Crippen molar-refractivity contribution in [3.05, 3.63) is 40.7 Å². The minimum Gasteiger partial charge on any atom is -0.406 e. The summed E-state index contributed by atoms with van der Waals surface area (Å²) in [5.41, 5.74) is 4.03. The summed E-state index contributed by atoms with van der Waals surface area (Å²) >= 11 is 1.47. The molecular weight excluding hydrogens is 403 g/mol. The molecule has 1 aliphatic rings. The molecular formula is C20H22F3N3O2S. The van der Waals surface area contributed by atoms with Crippen LogP contribution in [0.25, 0.3) is 0 Å². The number of carbonyl (C=O) groups is 1. The summed E-state index contributed by atoms with van der Waals surface area (Å²) in [6.07, 6.45) is -0.720. The number of thioether (sulfide) groups is 1. The number of rotatable bonds is 5. The van der Waals surface area contributed by atoms with Crippen molar-refractivity contribution in [2.24, 2.45) is 0 Å². The summed E-state index contributed by atoms with van der Waals surface area (Å²) in [5, 5.41) is 0.705. The molecule has 0 spiro atoms. The highest BCUT2D eigenvalue weighted by molar-refractivity contribution is 7.98. The van der Waals surface area contributed by atoms with E-state index in [2.05, 4.69) is 14.7 Å². The third kappa shape index (κ3) is 5.20. The molecule has 5 nitrogen and oxygen atoms in total. The summed E-state index contributed by atoms with van der Waals surface area (Å²) in [4.78, 5) is 23.4.